The van der Waals surface area contributed by atoms with Crippen LogP contribution < -0.4 is 0 Å². The summed E-state index contributed by atoms with van der Waals surface area (Å²) in [4.78, 5) is 25.9. The van der Waals surface area contributed by atoms with E-state index in [1.165, 1.54) is 57.2 Å². The number of furan rings is 1. The molecule has 1 spiro atoms. The number of ether oxygens (including phenoxy) is 1. The molecule has 33 heavy (non-hydrogen) atoms. The zero-order valence-electron chi connectivity index (χ0n) is 18.8. The Labute approximate surface area is 191 Å². The van der Waals surface area contributed by atoms with Crippen LogP contribution in [0.3, 0.4) is 0 Å². The van der Waals surface area contributed by atoms with Crippen LogP contribution in [0, 0.1) is 11.3 Å². The van der Waals surface area contributed by atoms with Crippen LogP contribution in [0.5, 0.6) is 0 Å². The van der Waals surface area contributed by atoms with E-state index in [9.17, 15) is 18.0 Å². The van der Waals surface area contributed by atoms with Crippen molar-refractivity contribution in [1.82, 2.24) is 9.80 Å². The molecule has 0 bridgehead atoms. The molecule has 10 heteroatoms. The molecule has 1 aromatic rings. The lowest BCUT2D eigenvalue weighted by Gasteiger charge is -2.46. The minimum absolute atomic E-state index is 0.351. The van der Waals surface area contributed by atoms with Crippen LogP contribution in [0.25, 0.3) is 0 Å². The number of hydrogen-bond acceptors (Lipinski definition) is 5. The Balaban J connectivity index is 0.000000383. The molecule has 7 nitrogen and oxygen atoms in total. The molecule has 1 aliphatic carbocycles. The average molecular weight is 475 g/mol. The first kappa shape index (κ1) is 25.6. The molecule has 2 aliphatic heterocycles. The van der Waals surface area contributed by atoms with Crippen molar-refractivity contribution in [2.75, 3.05) is 39.4 Å². The first-order valence-corrected chi connectivity index (χ1v) is 11.6. The van der Waals surface area contributed by atoms with E-state index in [1.807, 2.05) is 11.2 Å². The van der Waals surface area contributed by atoms with Crippen LogP contribution in [-0.2, 0) is 20.9 Å². The lowest BCUT2D eigenvalue weighted by molar-refractivity contribution is -0.192. The molecule has 0 atom stereocenters. The largest absolute Gasteiger partial charge is 0.490 e. The van der Waals surface area contributed by atoms with Crippen molar-refractivity contribution in [2.24, 2.45) is 11.3 Å². The van der Waals surface area contributed by atoms with Gasteiger partial charge in [0.1, 0.15) is 0 Å². The van der Waals surface area contributed by atoms with Gasteiger partial charge in [-0.3, -0.25) is 9.69 Å². The first-order valence-electron chi connectivity index (χ1n) is 11.6. The highest BCUT2D eigenvalue weighted by atomic mass is 19.4. The quantitative estimate of drug-likeness (QED) is 0.712. The summed E-state index contributed by atoms with van der Waals surface area (Å²) in [5, 5.41) is 7.12. The van der Waals surface area contributed by atoms with Gasteiger partial charge in [-0.15, -0.1) is 0 Å². The van der Waals surface area contributed by atoms with Gasteiger partial charge in [0, 0.05) is 31.6 Å². The van der Waals surface area contributed by atoms with Gasteiger partial charge in [-0.2, -0.15) is 13.2 Å². The van der Waals surface area contributed by atoms with Crippen LogP contribution in [0.15, 0.2) is 23.0 Å². The number of carboxylic acid groups (broad SMARTS) is 1. The summed E-state index contributed by atoms with van der Waals surface area (Å²) >= 11 is 0. The van der Waals surface area contributed by atoms with Gasteiger partial charge in [0.05, 0.1) is 25.7 Å². The number of alkyl halides is 3. The molecule has 0 aromatic carbocycles. The standard InChI is InChI=1S/C21H32N2O3.C2HF3O2/c24-20(23-10-13-25-14-11-23)15-18-1-4-21(5-2-18)6-8-22(9-7-21)16-19-3-12-26-17-19;3-2(4,5)1(6)7/h3,12,17-18H,1-2,4-11,13-16H2;(H,6,7). The smallest absolute Gasteiger partial charge is 0.475 e. The zero-order chi connectivity index (χ0) is 23.9. The summed E-state index contributed by atoms with van der Waals surface area (Å²) in [5.74, 6) is -1.81. The number of nitrogens with zero attached hydrogens (tertiary/aromatic N) is 2. The maximum absolute atomic E-state index is 12.5. The molecular formula is C23H33F3N2O5. The summed E-state index contributed by atoms with van der Waals surface area (Å²) in [6, 6.07) is 2.07. The van der Waals surface area contributed by atoms with Crippen molar-refractivity contribution in [3.63, 3.8) is 0 Å². The van der Waals surface area contributed by atoms with Crippen LogP contribution in [0.4, 0.5) is 13.2 Å². The van der Waals surface area contributed by atoms with Crippen LogP contribution >= 0.6 is 0 Å². The fourth-order valence-corrected chi connectivity index (χ4v) is 5.01. The molecule has 186 valence electrons. The zero-order valence-corrected chi connectivity index (χ0v) is 18.8. The van der Waals surface area contributed by atoms with E-state index in [0.29, 0.717) is 30.5 Å². The minimum Gasteiger partial charge on any atom is -0.475 e. The molecule has 1 amide bonds. The third-order valence-electron chi connectivity index (χ3n) is 7.14. The average Bonchev–Trinajstić information content (AvgIpc) is 3.31. The maximum atomic E-state index is 12.5. The Bertz CT molecular complexity index is 745. The predicted octanol–water partition coefficient (Wildman–Crippen LogP) is 3.93. The Hall–Kier alpha value is -2.07. The molecule has 0 unspecified atom stereocenters. The number of carbonyl (C=O) groups excluding carboxylic acids is 1. The molecule has 1 aromatic heterocycles. The number of morpholine rings is 1. The number of carboxylic acids is 1. The number of carbonyl (C=O) groups is 2. The summed E-state index contributed by atoms with van der Waals surface area (Å²) < 4.78 is 42.3. The number of piperidine rings is 1. The van der Waals surface area contributed by atoms with Crippen molar-refractivity contribution in [2.45, 2.75) is 57.7 Å². The summed E-state index contributed by atoms with van der Waals surface area (Å²) in [7, 11) is 0. The fraction of sp³-hybridized carbons (Fsp3) is 0.739. The van der Waals surface area contributed by atoms with Crippen LogP contribution in [-0.4, -0.2) is 72.4 Å². The number of amides is 1. The number of likely N-dealkylation sites (tertiary alicyclic amines) is 1. The predicted molar refractivity (Wildman–Crippen MR) is 113 cm³/mol. The van der Waals surface area contributed by atoms with E-state index in [-0.39, 0.29) is 0 Å². The van der Waals surface area contributed by atoms with Gasteiger partial charge in [-0.1, -0.05) is 0 Å². The second-order valence-corrected chi connectivity index (χ2v) is 9.35. The monoisotopic (exact) mass is 474 g/mol. The van der Waals surface area contributed by atoms with Crippen molar-refractivity contribution in [3.05, 3.63) is 24.2 Å². The van der Waals surface area contributed by atoms with E-state index >= 15 is 0 Å². The van der Waals surface area contributed by atoms with Gasteiger partial charge in [0.2, 0.25) is 5.91 Å². The summed E-state index contributed by atoms with van der Waals surface area (Å²) in [5.41, 5.74) is 1.83. The normalized spacial score (nSPS) is 22.0. The molecule has 2 saturated heterocycles. The SMILES string of the molecule is O=C(CC1CCC2(CC1)CCN(Cc1ccoc1)CC2)N1CCOCC1.O=C(O)C(F)(F)F. The van der Waals surface area contributed by atoms with Crippen molar-refractivity contribution in [1.29, 1.82) is 0 Å². The van der Waals surface area contributed by atoms with Crippen molar-refractivity contribution in [3.8, 4) is 0 Å². The van der Waals surface area contributed by atoms with Gasteiger partial charge in [-0.25, -0.2) is 4.79 Å². The first-order chi connectivity index (χ1) is 15.7. The Morgan fingerprint density at radius 1 is 1.06 bits per heavy atom. The highest BCUT2D eigenvalue weighted by Gasteiger charge is 2.39. The molecular weight excluding hydrogens is 441 g/mol. The number of hydrogen-bond donors (Lipinski definition) is 1. The second-order valence-electron chi connectivity index (χ2n) is 9.35. The summed E-state index contributed by atoms with van der Waals surface area (Å²) in [6.07, 6.45) is 7.02. The third-order valence-corrected chi connectivity index (χ3v) is 7.14. The van der Waals surface area contributed by atoms with Gasteiger partial charge in [0.15, 0.2) is 0 Å². The number of aliphatic carboxylic acids is 1. The topological polar surface area (TPSA) is 83.2 Å². The Morgan fingerprint density at radius 3 is 2.18 bits per heavy atom. The Morgan fingerprint density at radius 2 is 1.67 bits per heavy atom. The van der Waals surface area contributed by atoms with Crippen LogP contribution in [0.2, 0.25) is 0 Å². The van der Waals surface area contributed by atoms with E-state index < -0.39 is 12.1 Å². The molecule has 3 heterocycles. The minimum atomic E-state index is -5.08. The molecule has 3 aliphatic rings. The van der Waals surface area contributed by atoms with E-state index in [0.717, 1.165) is 26.1 Å². The maximum Gasteiger partial charge on any atom is 0.490 e. The van der Waals surface area contributed by atoms with E-state index in [4.69, 9.17) is 19.1 Å². The third kappa shape index (κ3) is 7.74. The Kier molecular flexibility index (Phi) is 8.81. The van der Waals surface area contributed by atoms with Crippen molar-refractivity contribution < 1.29 is 37.0 Å². The van der Waals surface area contributed by atoms with Crippen molar-refractivity contribution >= 4 is 11.9 Å². The highest BCUT2D eigenvalue weighted by molar-refractivity contribution is 5.76. The number of rotatable bonds is 4. The van der Waals surface area contributed by atoms with E-state index in [1.54, 1.807) is 6.26 Å². The summed E-state index contributed by atoms with van der Waals surface area (Å²) in [6.45, 7) is 6.38. The van der Waals surface area contributed by atoms with Gasteiger partial charge >= 0.3 is 12.1 Å². The second kappa shape index (κ2) is 11.4. The van der Waals surface area contributed by atoms with Gasteiger partial charge in [0.25, 0.3) is 0 Å². The highest BCUT2D eigenvalue weighted by Crippen LogP contribution is 2.47. The van der Waals surface area contributed by atoms with Gasteiger partial charge in [-0.05, 0) is 69.0 Å². The fourth-order valence-electron chi connectivity index (χ4n) is 5.01. The molecule has 4 rings (SSSR count). The van der Waals surface area contributed by atoms with Crippen LogP contribution in [0.1, 0.15) is 50.5 Å². The lowest BCUT2D eigenvalue weighted by atomic mass is 9.65. The molecule has 3 fully saturated rings. The molecule has 1 N–H and O–H groups in total. The molecule has 0 radical (unpaired) electrons. The van der Waals surface area contributed by atoms with Gasteiger partial charge < -0.3 is 19.2 Å². The van der Waals surface area contributed by atoms with E-state index in [2.05, 4.69) is 11.0 Å². The molecule has 1 saturated carbocycles. The number of halogens is 3. The lowest BCUT2D eigenvalue weighted by Crippen LogP contribution is -2.43.